The molecule has 3 N–H and O–H groups in total. The van der Waals surface area contributed by atoms with Crippen molar-refractivity contribution in [1.82, 2.24) is 20.5 Å². The average Bonchev–Trinajstić information content (AvgIpc) is 3.20. The van der Waals surface area contributed by atoms with E-state index in [1.165, 1.54) is 0 Å². The molecule has 4 rings (SSSR count). The van der Waals surface area contributed by atoms with E-state index in [0.29, 0.717) is 19.5 Å². The van der Waals surface area contributed by atoms with Gasteiger partial charge in [-0.15, -0.1) is 11.3 Å². The molecule has 0 radical (unpaired) electrons. The van der Waals surface area contributed by atoms with E-state index in [0.717, 1.165) is 15.2 Å². The Morgan fingerprint density at radius 2 is 2.21 bits per heavy atom. The second-order valence-corrected chi connectivity index (χ2v) is 7.25. The van der Waals surface area contributed by atoms with Gasteiger partial charge < -0.3 is 20.6 Å². The van der Waals surface area contributed by atoms with Gasteiger partial charge in [0.15, 0.2) is 0 Å². The molecule has 1 aromatic heterocycles. The summed E-state index contributed by atoms with van der Waals surface area (Å²) in [4.78, 5) is 30.5. The highest BCUT2D eigenvalue weighted by molar-refractivity contribution is 7.18. The molecule has 0 aliphatic carbocycles. The molecular weight excluding hydrogens is 328 g/mol. The van der Waals surface area contributed by atoms with Gasteiger partial charge in [-0.25, -0.2) is 4.98 Å². The number of nitrogens with one attached hydrogen (secondary N) is 2. The van der Waals surface area contributed by atoms with Crippen LogP contribution in [0, 0.1) is 0 Å². The number of aliphatic hydroxyl groups excluding tert-OH is 1. The fraction of sp³-hybridized carbons (Fsp3) is 0.438. The molecule has 1 aromatic carbocycles. The molecule has 0 unspecified atom stereocenters. The van der Waals surface area contributed by atoms with Crippen LogP contribution in [0.1, 0.15) is 11.4 Å². The lowest BCUT2D eigenvalue weighted by molar-refractivity contribution is -0.148. The molecule has 0 saturated carbocycles. The van der Waals surface area contributed by atoms with Crippen LogP contribution < -0.4 is 10.6 Å². The lowest BCUT2D eigenvalue weighted by Crippen LogP contribution is -2.62. The predicted octanol–water partition coefficient (Wildman–Crippen LogP) is -0.154. The highest BCUT2D eigenvalue weighted by Crippen LogP contribution is 2.24. The van der Waals surface area contributed by atoms with Crippen LogP contribution in [0.15, 0.2) is 24.3 Å². The van der Waals surface area contributed by atoms with E-state index in [1.54, 1.807) is 16.2 Å². The normalized spacial score (nSPS) is 26.7. The molecule has 7 nitrogen and oxygen atoms in total. The van der Waals surface area contributed by atoms with Crippen molar-refractivity contribution in [3.63, 3.8) is 0 Å². The monoisotopic (exact) mass is 346 g/mol. The summed E-state index contributed by atoms with van der Waals surface area (Å²) in [6, 6.07) is 6.80. The van der Waals surface area contributed by atoms with E-state index in [4.69, 9.17) is 0 Å². The van der Waals surface area contributed by atoms with Gasteiger partial charge in [0.25, 0.3) is 0 Å². The summed E-state index contributed by atoms with van der Waals surface area (Å²) in [5.74, 6) is -0.385. The largest absolute Gasteiger partial charge is 0.394 e. The Bertz CT molecular complexity index is 759. The Morgan fingerprint density at radius 3 is 3.00 bits per heavy atom. The van der Waals surface area contributed by atoms with E-state index in [-0.39, 0.29) is 24.5 Å². The summed E-state index contributed by atoms with van der Waals surface area (Å²) in [6.07, 6.45) is 0.584. The Labute approximate surface area is 142 Å². The van der Waals surface area contributed by atoms with E-state index >= 15 is 0 Å². The predicted molar refractivity (Wildman–Crippen MR) is 89.4 cm³/mol. The van der Waals surface area contributed by atoms with Crippen molar-refractivity contribution >= 4 is 33.4 Å². The summed E-state index contributed by atoms with van der Waals surface area (Å²) >= 11 is 1.64. The summed E-state index contributed by atoms with van der Waals surface area (Å²) in [5, 5.41) is 16.2. The summed E-state index contributed by atoms with van der Waals surface area (Å²) in [5.41, 5.74) is 0.989. The third-order valence-electron chi connectivity index (χ3n) is 4.56. The molecule has 2 aromatic rings. The van der Waals surface area contributed by atoms with Gasteiger partial charge in [-0.3, -0.25) is 9.59 Å². The highest BCUT2D eigenvalue weighted by atomic mass is 32.1. The van der Waals surface area contributed by atoms with Crippen molar-refractivity contribution in [3.05, 3.63) is 29.3 Å². The van der Waals surface area contributed by atoms with Gasteiger partial charge in [0.2, 0.25) is 11.8 Å². The van der Waals surface area contributed by atoms with Gasteiger partial charge in [0.05, 0.1) is 16.8 Å². The number of hydrogen-bond donors (Lipinski definition) is 3. The third-order valence-corrected chi connectivity index (χ3v) is 5.60. The van der Waals surface area contributed by atoms with Crippen LogP contribution in [0.3, 0.4) is 0 Å². The quantitative estimate of drug-likeness (QED) is 0.716. The molecule has 8 heteroatoms. The van der Waals surface area contributed by atoms with Gasteiger partial charge in [-0.1, -0.05) is 12.1 Å². The molecule has 0 spiro atoms. The van der Waals surface area contributed by atoms with Crippen molar-refractivity contribution in [3.8, 4) is 0 Å². The molecule has 2 amide bonds. The first kappa shape index (κ1) is 15.5. The SMILES string of the molecule is O=C1N[C@@H](CO)C(=O)N2C[C@@H](NCc3nc4ccccc4s3)C[C@@H]12. The molecule has 126 valence electrons. The summed E-state index contributed by atoms with van der Waals surface area (Å²) in [7, 11) is 0. The van der Waals surface area contributed by atoms with Crippen LogP contribution in [-0.4, -0.2) is 58.1 Å². The Kier molecular flexibility index (Phi) is 3.95. The van der Waals surface area contributed by atoms with Gasteiger partial charge in [-0.2, -0.15) is 0 Å². The maximum absolute atomic E-state index is 12.2. The van der Waals surface area contributed by atoms with E-state index < -0.39 is 12.1 Å². The Hall–Kier alpha value is -2.03. The van der Waals surface area contributed by atoms with Crippen molar-refractivity contribution in [1.29, 1.82) is 0 Å². The van der Waals surface area contributed by atoms with Crippen molar-refractivity contribution in [2.45, 2.75) is 31.1 Å². The fourth-order valence-electron chi connectivity index (χ4n) is 3.36. The second-order valence-electron chi connectivity index (χ2n) is 6.14. The summed E-state index contributed by atoms with van der Waals surface area (Å²) in [6.45, 7) is 0.736. The highest BCUT2D eigenvalue weighted by Gasteiger charge is 2.46. The second kappa shape index (κ2) is 6.12. The number of carbonyl (C=O) groups excluding carboxylic acids is 2. The third kappa shape index (κ3) is 2.66. The molecule has 0 bridgehead atoms. The average molecular weight is 346 g/mol. The molecule has 2 aliphatic heterocycles. The maximum Gasteiger partial charge on any atom is 0.248 e. The number of aromatic nitrogens is 1. The van der Waals surface area contributed by atoms with Crippen molar-refractivity contribution in [2.75, 3.05) is 13.2 Å². The summed E-state index contributed by atoms with van der Waals surface area (Å²) < 4.78 is 1.15. The molecular formula is C16H18N4O3S. The number of hydrogen-bond acceptors (Lipinski definition) is 6. The number of piperazine rings is 1. The molecule has 2 fully saturated rings. The first-order valence-electron chi connectivity index (χ1n) is 7.95. The number of thiazole rings is 1. The smallest absolute Gasteiger partial charge is 0.248 e. The fourth-order valence-corrected chi connectivity index (χ4v) is 4.27. The first-order valence-corrected chi connectivity index (χ1v) is 8.77. The van der Waals surface area contributed by atoms with Crippen molar-refractivity contribution in [2.24, 2.45) is 0 Å². The van der Waals surface area contributed by atoms with Crippen LogP contribution in [0.25, 0.3) is 10.2 Å². The van der Waals surface area contributed by atoms with Gasteiger partial charge in [0.1, 0.15) is 17.1 Å². The van der Waals surface area contributed by atoms with Gasteiger partial charge in [0, 0.05) is 19.1 Å². The van der Waals surface area contributed by atoms with Crippen LogP contribution in [0.4, 0.5) is 0 Å². The minimum atomic E-state index is -0.809. The number of amides is 2. The van der Waals surface area contributed by atoms with Crippen LogP contribution >= 0.6 is 11.3 Å². The van der Waals surface area contributed by atoms with Crippen LogP contribution in [0.5, 0.6) is 0 Å². The molecule has 24 heavy (non-hydrogen) atoms. The lowest BCUT2D eigenvalue weighted by atomic mass is 10.1. The zero-order valence-corrected chi connectivity index (χ0v) is 13.8. The van der Waals surface area contributed by atoms with E-state index in [9.17, 15) is 14.7 Å². The minimum Gasteiger partial charge on any atom is -0.394 e. The van der Waals surface area contributed by atoms with Gasteiger partial charge >= 0.3 is 0 Å². The minimum absolute atomic E-state index is 0.0501. The molecule has 2 saturated heterocycles. The standard InChI is InChI=1S/C16H18N4O3S/c21-8-11-16(23)20-7-9(5-12(20)15(22)19-11)17-6-14-18-10-3-1-2-4-13(10)24-14/h1-4,9,11-12,17,21H,5-8H2,(H,19,22)/t9-,11-,12-/m0/s1. The Morgan fingerprint density at radius 1 is 1.38 bits per heavy atom. The Balaban J connectivity index is 1.41. The molecule has 3 atom stereocenters. The van der Waals surface area contributed by atoms with E-state index in [2.05, 4.69) is 15.6 Å². The maximum atomic E-state index is 12.2. The number of fused-ring (bicyclic) bond motifs is 2. The number of carbonyl (C=O) groups is 2. The number of aliphatic hydroxyl groups is 1. The number of rotatable bonds is 4. The van der Waals surface area contributed by atoms with Gasteiger partial charge in [-0.05, 0) is 18.6 Å². The lowest BCUT2D eigenvalue weighted by Gasteiger charge is -2.33. The number of benzene rings is 1. The number of nitrogens with zero attached hydrogens (tertiary/aromatic N) is 2. The molecule has 3 heterocycles. The first-order chi connectivity index (χ1) is 11.7. The zero-order chi connectivity index (χ0) is 16.7. The topological polar surface area (TPSA) is 94.6 Å². The van der Waals surface area contributed by atoms with Crippen LogP contribution in [0.2, 0.25) is 0 Å². The molecule has 2 aliphatic rings. The van der Waals surface area contributed by atoms with E-state index in [1.807, 2.05) is 24.3 Å². The van der Waals surface area contributed by atoms with Crippen LogP contribution in [-0.2, 0) is 16.1 Å². The zero-order valence-electron chi connectivity index (χ0n) is 12.9. The number of para-hydroxylation sites is 1. The van der Waals surface area contributed by atoms with Crippen molar-refractivity contribution < 1.29 is 14.7 Å².